The van der Waals surface area contributed by atoms with Crippen LogP contribution in [0.4, 0.5) is 0 Å². The Balaban J connectivity index is 2.22. The highest BCUT2D eigenvalue weighted by atomic mass is 16.6. The van der Waals surface area contributed by atoms with Gasteiger partial charge in [-0.3, -0.25) is 19.2 Å². The van der Waals surface area contributed by atoms with E-state index in [4.69, 9.17) is 18.9 Å². The topological polar surface area (TPSA) is 125 Å². The van der Waals surface area contributed by atoms with Gasteiger partial charge in [0, 0.05) is 42.9 Å². The number of hydrogen-bond acceptors (Lipinski definition) is 9. The molecular weight excluding hydrogens is 552 g/mol. The summed E-state index contributed by atoms with van der Waals surface area (Å²) in [4.78, 5) is 50.9. The zero-order chi connectivity index (χ0) is 32.3. The summed E-state index contributed by atoms with van der Waals surface area (Å²) < 4.78 is 24.0. The van der Waals surface area contributed by atoms with Crippen molar-refractivity contribution in [1.82, 2.24) is 0 Å². The van der Waals surface area contributed by atoms with Crippen molar-refractivity contribution >= 4 is 23.9 Å². The third-order valence-electron chi connectivity index (χ3n) is 10.2. The molecule has 3 aliphatic carbocycles. The molecule has 2 saturated carbocycles. The van der Waals surface area contributed by atoms with E-state index in [1.54, 1.807) is 0 Å². The number of carbonyl (C=O) groups excluding carboxylic acids is 4. The fourth-order valence-electron chi connectivity index (χ4n) is 8.22. The predicted molar refractivity (Wildman–Crippen MR) is 160 cm³/mol. The number of rotatable bonds is 11. The van der Waals surface area contributed by atoms with E-state index < -0.39 is 47.2 Å². The summed E-state index contributed by atoms with van der Waals surface area (Å²) in [5.41, 5.74) is -0.800. The Hall–Kier alpha value is -2.42. The van der Waals surface area contributed by atoms with E-state index in [2.05, 4.69) is 26.8 Å². The molecule has 0 bridgehead atoms. The Bertz CT molecular complexity index is 1070. The van der Waals surface area contributed by atoms with Crippen molar-refractivity contribution in [1.29, 1.82) is 0 Å². The van der Waals surface area contributed by atoms with Crippen LogP contribution in [0.5, 0.6) is 0 Å². The maximum atomic E-state index is 13.0. The molecule has 9 heteroatoms. The number of carbonyl (C=O) groups is 4. The number of aliphatic hydroxyl groups is 1. The second kappa shape index (κ2) is 14.1. The molecule has 0 aromatic heterocycles. The van der Waals surface area contributed by atoms with Gasteiger partial charge >= 0.3 is 23.9 Å². The van der Waals surface area contributed by atoms with Crippen molar-refractivity contribution in [3.8, 4) is 0 Å². The van der Waals surface area contributed by atoms with Crippen molar-refractivity contribution in [2.24, 2.45) is 34.5 Å². The van der Waals surface area contributed by atoms with E-state index in [1.165, 1.54) is 6.92 Å². The highest BCUT2D eigenvalue weighted by Crippen LogP contribution is 2.66. The average Bonchev–Trinajstić information content (AvgIpc) is 3.17. The summed E-state index contributed by atoms with van der Waals surface area (Å²) in [7, 11) is 0. The Kier molecular flexibility index (Phi) is 11.5. The van der Waals surface area contributed by atoms with Crippen LogP contribution in [-0.4, -0.2) is 59.5 Å². The standard InChI is InChI=1S/C34H54O9/c1-10-13-25(36)41-23-17-34(9)24(42-26(37)14-11-2)18-33(8)22(29(34)28(23)19(4)5)16-20(6)30(40-21(7)35)31(32(33)39)43-27(38)15-12-3/h16,19,22-24,28-32,39H,10-15,17-18H2,1-9H3/t22-,23+,24+,28+,29+,30+,31+,32-,33-,34+/m1/s1. The zero-order valence-electron chi connectivity index (χ0n) is 27.6. The fourth-order valence-corrected chi connectivity index (χ4v) is 8.22. The Labute approximate surface area is 257 Å². The van der Waals surface area contributed by atoms with Crippen LogP contribution in [0.3, 0.4) is 0 Å². The Morgan fingerprint density at radius 3 is 1.91 bits per heavy atom. The number of esters is 4. The van der Waals surface area contributed by atoms with Gasteiger partial charge in [-0.2, -0.15) is 0 Å². The number of fused-ring (bicyclic) bond motifs is 3. The normalized spacial score (nSPS) is 37.0. The van der Waals surface area contributed by atoms with E-state index in [-0.39, 0.29) is 54.6 Å². The average molecular weight is 607 g/mol. The second-order valence-corrected chi connectivity index (χ2v) is 13.9. The molecular formula is C34H54O9. The van der Waals surface area contributed by atoms with Crippen LogP contribution in [0.2, 0.25) is 0 Å². The monoisotopic (exact) mass is 606 g/mol. The number of ether oxygens (including phenoxy) is 4. The first kappa shape index (κ1) is 35.1. The summed E-state index contributed by atoms with van der Waals surface area (Å²) in [6.45, 7) is 17.2. The Morgan fingerprint density at radius 2 is 1.40 bits per heavy atom. The van der Waals surface area contributed by atoms with Crippen LogP contribution >= 0.6 is 0 Å². The van der Waals surface area contributed by atoms with Gasteiger partial charge in [0.2, 0.25) is 0 Å². The minimum absolute atomic E-state index is 0.0922. The fraction of sp³-hybridized carbons (Fsp3) is 0.824. The highest BCUT2D eigenvalue weighted by molar-refractivity contribution is 5.71. The van der Waals surface area contributed by atoms with Crippen molar-refractivity contribution in [3.05, 3.63) is 11.6 Å². The van der Waals surface area contributed by atoms with Gasteiger partial charge in [-0.25, -0.2) is 0 Å². The molecule has 9 nitrogen and oxygen atoms in total. The van der Waals surface area contributed by atoms with E-state index in [0.29, 0.717) is 44.1 Å². The molecule has 0 radical (unpaired) electrons. The molecule has 0 heterocycles. The largest absolute Gasteiger partial charge is 0.462 e. The van der Waals surface area contributed by atoms with Gasteiger partial charge in [-0.05, 0) is 62.4 Å². The van der Waals surface area contributed by atoms with Crippen LogP contribution in [0.1, 0.15) is 114 Å². The molecule has 0 amide bonds. The molecule has 0 saturated heterocycles. The van der Waals surface area contributed by atoms with E-state index in [0.717, 1.165) is 0 Å². The number of allylic oxidation sites excluding steroid dienone is 1. The van der Waals surface area contributed by atoms with Crippen LogP contribution in [-0.2, 0) is 38.1 Å². The summed E-state index contributed by atoms with van der Waals surface area (Å²) in [6.07, 6.45) is 1.25. The van der Waals surface area contributed by atoms with Gasteiger partial charge < -0.3 is 24.1 Å². The molecule has 0 aliphatic heterocycles. The van der Waals surface area contributed by atoms with Crippen molar-refractivity contribution in [2.45, 2.75) is 144 Å². The molecule has 3 aliphatic rings. The van der Waals surface area contributed by atoms with Gasteiger partial charge in [-0.1, -0.05) is 54.5 Å². The second-order valence-electron chi connectivity index (χ2n) is 13.9. The summed E-state index contributed by atoms with van der Waals surface area (Å²) >= 11 is 0. The van der Waals surface area contributed by atoms with Crippen molar-refractivity contribution < 1.29 is 43.2 Å². The summed E-state index contributed by atoms with van der Waals surface area (Å²) in [5, 5.41) is 12.3. The van der Waals surface area contributed by atoms with Crippen LogP contribution in [0, 0.1) is 34.5 Å². The number of hydrogen-bond donors (Lipinski definition) is 1. The molecule has 10 atom stereocenters. The first-order valence-corrected chi connectivity index (χ1v) is 16.3. The summed E-state index contributed by atoms with van der Waals surface area (Å²) in [6, 6.07) is 0. The van der Waals surface area contributed by atoms with Gasteiger partial charge in [-0.15, -0.1) is 0 Å². The van der Waals surface area contributed by atoms with Gasteiger partial charge in [0.1, 0.15) is 18.3 Å². The molecule has 0 unspecified atom stereocenters. The van der Waals surface area contributed by atoms with Crippen LogP contribution in [0.25, 0.3) is 0 Å². The van der Waals surface area contributed by atoms with Crippen molar-refractivity contribution in [3.63, 3.8) is 0 Å². The smallest absolute Gasteiger partial charge is 0.306 e. The first-order valence-electron chi connectivity index (χ1n) is 16.3. The van der Waals surface area contributed by atoms with Gasteiger partial charge in [0.05, 0.1) is 0 Å². The maximum absolute atomic E-state index is 13.0. The molecule has 3 rings (SSSR count). The third-order valence-corrected chi connectivity index (χ3v) is 10.2. The van der Waals surface area contributed by atoms with Gasteiger partial charge in [0.15, 0.2) is 12.2 Å². The zero-order valence-corrected chi connectivity index (χ0v) is 27.6. The predicted octanol–water partition coefficient (Wildman–Crippen LogP) is 5.70. The maximum Gasteiger partial charge on any atom is 0.306 e. The molecule has 2 fully saturated rings. The quantitative estimate of drug-likeness (QED) is 0.179. The Morgan fingerprint density at radius 1 is 0.860 bits per heavy atom. The number of aliphatic hydroxyl groups excluding tert-OH is 1. The molecule has 43 heavy (non-hydrogen) atoms. The van der Waals surface area contributed by atoms with Gasteiger partial charge in [0.25, 0.3) is 0 Å². The molecule has 1 N–H and O–H groups in total. The van der Waals surface area contributed by atoms with Crippen LogP contribution < -0.4 is 0 Å². The minimum Gasteiger partial charge on any atom is -0.462 e. The first-order chi connectivity index (χ1) is 20.1. The summed E-state index contributed by atoms with van der Waals surface area (Å²) in [5.74, 6) is -1.98. The lowest BCUT2D eigenvalue weighted by atomic mass is 9.49. The van der Waals surface area contributed by atoms with Crippen LogP contribution in [0.15, 0.2) is 11.6 Å². The molecule has 244 valence electrons. The lowest BCUT2D eigenvalue weighted by Gasteiger charge is -2.57. The molecule has 0 aromatic carbocycles. The third kappa shape index (κ3) is 7.12. The van der Waals surface area contributed by atoms with E-state index >= 15 is 0 Å². The lowest BCUT2D eigenvalue weighted by molar-refractivity contribution is -0.207. The lowest BCUT2D eigenvalue weighted by Crippen LogP contribution is -2.60. The highest BCUT2D eigenvalue weighted by Gasteiger charge is 2.68. The van der Waals surface area contributed by atoms with E-state index in [1.807, 2.05) is 34.6 Å². The molecule has 0 aromatic rings. The minimum atomic E-state index is -1.23. The van der Waals surface area contributed by atoms with Crippen molar-refractivity contribution in [2.75, 3.05) is 0 Å². The SMILES string of the molecule is CCCC(=O)O[C@@H]1[C@@H](O)[C@]2(C)C[C@H](OC(=O)CCC)[C@]3(C)C[C@H](OC(=O)CCC)[C@H](C(C)C)[C@@H]3[C@H]2C=C(C)[C@@H]1OC(C)=O. The molecule has 0 spiro atoms. The van der Waals surface area contributed by atoms with E-state index in [9.17, 15) is 24.3 Å².